The Morgan fingerprint density at radius 2 is 0.929 bits per heavy atom. The monoisotopic (exact) mass is 986 g/mol. The highest BCUT2D eigenvalue weighted by molar-refractivity contribution is 6.16. The number of amides is 3. The van der Waals surface area contributed by atoms with Gasteiger partial charge in [0.2, 0.25) is 5.91 Å². The van der Waals surface area contributed by atoms with Gasteiger partial charge in [0.05, 0.1) is 32.7 Å². The Balaban J connectivity index is 2.74. The Kier molecular flexibility index (Phi) is 22.4. The molecule has 0 spiro atoms. The summed E-state index contributed by atoms with van der Waals surface area (Å²) in [6.45, 7) is 28.4. The van der Waals surface area contributed by atoms with Crippen LogP contribution in [0.4, 0.5) is 5.69 Å². The lowest BCUT2D eigenvalue weighted by Crippen LogP contribution is -2.54. The summed E-state index contributed by atoms with van der Waals surface area (Å²) < 4.78 is 28.6. The summed E-state index contributed by atoms with van der Waals surface area (Å²) in [5.74, 6) is -4.59. The second-order valence-electron chi connectivity index (χ2n) is 22.9. The fraction of sp³-hybridized carbons (Fsp3) is 0.692. The van der Waals surface area contributed by atoms with Crippen LogP contribution >= 0.6 is 0 Å². The van der Waals surface area contributed by atoms with E-state index in [1.807, 2.05) is 6.92 Å². The van der Waals surface area contributed by atoms with Gasteiger partial charge in [-0.25, -0.2) is 0 Å². The maximum absolute atomic E-state index is 13.8. The Morgan fingerprint density at radius 1 is 0.557 bits per heavy atom. The van der Waals surface area contributed by atoms with E-state index in [4.69, 9.17) is 23.7 Å². The van der Waals surface area contributed by atoms with Gasteiger partial charge < -0.3 is 29.0 Å². The van der Waals surface area contributed by atoms with Gasteiger partial charge >= 0.3 is 29.8 Å². The number of unbranched alkanes of at least 4 members (excludes halogenated alkanes) is 1. The maximum atomic E-state index is 13.8. The molecular weight excluding hydrogens is 903 g/mol. The first-order valence-corrected chi connectivity index (χ1v) is 24.2. The third kappa shape index (κ3) is 24.6. The highest BCUT2D eigenvalue weighted by Crippen LogP contribution is 2.22. The van der Waals surface area contributed by atoms with Crippen molar-refractivity contribution in [1.82, 2.24) is 19.6 Å². The van der Waals surface area contributed by atoms with Gasteiger partial charge in [0.25, 0.3) is 11.8 Å². The smallest absolute Gasteiger partial charge is 0.320 e. The summed E-state index contributed by atoms with van der Waals surface area (Å²) in [6.07, 6.45) is 4.10. The largest absolute Gasteiger partial charge is 0.459 e. The van der Waals surface area contributed by atoms with Gasteiger partial charge in [-0.15, -0.1) is 0 Å². The molecule has 1 N–H and O–H groups in total. The lowest BCUT2D eigenvalue weighted by molar-refractivity contribution is -0.163. The summed E-state index contributed by atoms with van der Waals surface area (Å²) in [4.78, 5) is 113. The molecule has 3 atom stereocenters. The van der Waals surface area contributed by atoms with Crippen molar-refractivity contribution in [3.63, 3.8) is 0 Å². The van der Waals surface area contributed by atoms with E-state index in [0.29, 0.717) is 17.7 Å². The summed E-state index contributed by atoms with van der Waals surface area (Å²) in [5.41, 5.74) is -3.10. The second-order valence-corrected chi connectivity index (χ2v) is 22.9. The molecule has 0 fully saturated rings. The maximum Gasteiger partial charge on any atom is 0.320 e. The minimum absolute atomic E-state index is 0.0332. The molecule has 0 saturated heterocycles. The third-order valence-electron chi connectivity index (χ3n) is 9.89. The van der Waals surface area contributed by atoms with E-state index in [0.717, 1.165) is 23.5 Å². The van der Waals surface area contributed by atoms with Crippen molar-refractivity contribution in [3.05, 3.63) is 42.0 Å². The molecule has 3 unspecified atom stereocenters. The number of ether oxygens (including phenoxy) is 5. The van der Waals surface area contributed by atoms with Crippen molar-refractivity contribution in [3.8, 4) is 0 Å². The molecular formula is C52H83N5O13. The zero-order valence-electron chi connectivity index (χ0n) is 45.1. The van der Waals surface area contributed by atoms with Crippen LogP contribution in [0.5, 0.6) is 0 Å². The number of nitrogens with one attached hydrogen (secondary N) is 1. The summed E-state index contributed by atoms with van der Waals surface area (Å²) in [6, 6.07) is 4.53. The van der Waals surface area contributed by atoms with Crippen LogP contribution in [0.1, 0.15) is 143 Å². The quantitative estimate of drug-likeness (QED) is 0.0714. The Hall–Kier alpha value is -5.20. The van der Waals surface area contributed by atoms with Gasteiger partial charge in [0.15, 0.2) is 0 Å². The fourth-order valence-electron chi connectivity index (χ4n) is 7.41. The van der Waals surface area contributed by atoms with Gasteiger partial charge in [-0.05, 0) is 141 Å². The number of hydrogen-bond donors (Lipinski definition) is 1. The standard InChI is InChI=1S/C52H83N5O13/c1-18-19-20-39(57-40(58)25-26-41(57)59)47(65)53-37-23-21-36(22-24-37)27-38(56(33-45(63)69-51(12,13)14)34-46(64)70-52(15,16)17)29-54(30-42(60)66-48(3,4)5)28-35(2)55(31-43(61)67-49(6,7)8)32-44(62)68-50(9,10)11/h21-26,35,38-39H,18-20,27-34H2,1-17H3,(H,53,65). The van der Waals surface area contributed by atoms with Gasteiger partial charge in [0, 0.05) is 43.0 Å². The Morgan fingerprint density at radius 3 is 1.30 bits per heavy atom. The van der Waals surface area contributed by atoms with E-state index in [2.05, 4.69) is 5.32 Å². The Labute approximate surface area is 416 Å². The molecule has 70 heavy (non-hydrogen) atoms. The van der Waals surface area contributed by atoms with Crippen molar-refractivity contribution in [2.24, 2.45) is 0 Å². The second kappa shape index (κ2) is 25.8. The van der Waals surface area contributed by atoms with Crippen molar-refractivity contribution >= 4 is 53.3 Å². The molecule has 1 heterocycles. The normalized spacial score (nSPS) is 14.9. The SMILES string of the molecule is CCCCC(C(=O)Nc1ccc(CC(CN(CC(=O)OC(C)(C)C)CC(C)N(CC(=O)OC(C)(C)C)CC(=O)OC(C)(C)C)N(CC(=O)OC(C)(C)C)CC(=O)OC(C)(C)C)cc1)N1C(=O)C=CC1=O. The molecule has 0 saturated carbocycles. The summed E-state index contributed by atoms with van der Waals surface area (Å²) in [7, 11) is 0. The zero-order valence-corrected chi connectivity index (χ0v) is 45.1. The molecule has 1 aromatic carbocycles. The van der Waals surface area contributed by atoms with Crippen LogP contribution in [0.15, 0.2) is 36.4 Å². The first kappa shape index (κ1) is 60.9. The fourth-order valence-corrected chi connectivity index (χ4v) is 7.41. The van der Waals surface area contributed by atoms with E-state index in [1.165, 1.54) is 0 Å². The molecule has 1 aromatic rings. The number of anilines is 1. The lowest BCUT2D eigenvalue weighted by atomic mass is 10.0. The zero-order chi connectivity index (χ0) is 53.6. The number of esters is 5. The van der Waals surface area contributed by atoms with Crippen LogP contribution in [-0.4, -0.2) is 159 Å². The molecule has 3 amide bonds. The highest BCUT2D eigenvalue weighted by Gasteiger charge is 2.37. The first-order chi connectivity index (χ1) is 31.9. The number of benzene rings is 1. The highest BCUT2D eigenvalue weighted by atomic mass is 16.6. The molecule has 0 bridgehead atoms. The number of imide groups is 1. The van der Waals surface area contributed by atoms with Crippen molar-refractivity contribution in [2.75, 3.05) is 51.1 Å². The van der Waals surface area contributed by atoms with E-state index in [9.17, 15) is 38.4 Å². The molecule has 2 rings (SSSR count). The van der Waals surface area contributed by atoms with Gasteiger partial charge in [-0.2, -0.15) is 0 Å². The van der Waals surface area contributed by atoms with Crippen LogP contribution in [-0.2, 0) is 68.5 Å². The van der Waals surface area contributed by atoms with Crippen LogP contribution < -0.4 is 5.32 Å². The van der Waals surface area contributed by atoms with E-state index < -0.39 is 93.7 Å². The van der Waals surface area contributed by atoms with Crippen molar-refractivity contribution < 1.29 is 62.0 Å². The predicted octanol–water partition coefficient (Wildman–Crippen LogP) is 6.02. The summed E-state index contributed by atoms with van der Waals surface area (Å²) in [5, 5.41) is 2.85. The van der Waals surface area contributed by atoms with Crippen molar-refractivity contribution in [2.45, 2.75) is 190 Å². The molecule has 18 heteroatoms. The molecule has 0 aliphatic carbocycles. The minimum Gasteiger partial charge on any atom is -0.459 e. The number of hydrogen-bond acceptors (Lipinski definition) is 16. The van der Waals surface area contributed by atoms with Gasteiger partial charge in [-0.1, -0.05) is 31.9 Å². The molecule has 394 valence electrons. The summed E-state index contributed by atoms with van der Waals surface area (Å²) >= 11 is 0. The topological polar surface area (TPSA) is 208 Å². The van der Waals surface area contributed by atoms with Gasteiger partial charge in [0.1, 0.15) is 34.0 Å². The number of carbonyl (C=O) groups is 8. The number of carbonyl (C=O) groups excluding carboxylic acids is 8. The number of nitrogens with zero attached hydrogens (tertiary/aromatic N) is 4. The van der Waals surface area contributed by atoms with Crippen molar-refractivity contribution in [1.29, 1.82) is 0 Å². The predicted molar refractivity (Wildman–Crippen MR) is 265 cm³/mol. The van der Waals surface area contributed by atoms with E-state index >= 15 is 0 Å². The molecule has 18 nitrogen and oxygen atoms in total. The van der Waals surface area contributed by atoms with Gasteiger partial charge in [-0.3, -0.25) is 58.0 Å². The number of rotatable bonds is 24. The Bertz CT molecular complexity index is 1920. The van der Waals surface area contributed by atoms with Crippen LogP contribution in [0.25, 0.3) is 0 Å². The van der Waals surface area contributed by atoms with Crippen LogP contribution in [0.2, 0.25) is 0 Å². The van der Waals surface area contributed by atoms with E-state index in [-0.39, 0.29) is 58.7 Å². The minimum atomic E-state index is -1.02. The van der Waals surface area contributed by atoms with Crippen LogP contribution in [0.3, 0.4) is 0 Å². The molecule has 1 aliphatic rings. The van der Waals surface area contributed by atoms with E-state index in [1.54, 1.807) is 150 Å². The average Bonchev–Trinajstić information content (AvgIpc) is 3.47. The lowest BCUT2D eigenvalue weighted by Gasteiger charge is -2.38. The van der Waals surface area contributed by atoms with Crippen LogP contribution in [0, 0.1) is 0 Å². The molecule has 0 radical (unpaired) electrons. The first-order valence-electron chi connectivity index (χ1n) is 24.2. The third-order valence-corrected chi connectivity index (χ3v) is 9.89. The molecule has 1 aliphatic heterocycles. The molecule has 0 aromatic heterocycles. The average molecular weight is 986 g/mol.